The molecule has 0 aromatic rings. The van der Waals surface area contributed by atoms with E-state index in [0.717, 1.165) is 45.1 Å². The van der Waals surface area contributed by atoms with Crippen LogP contribution in [0.3, 0.4) is 0 Å². The van der Waals surface area contributed by atoms with Crippen molar-refractivity contribution in [3.05, 3.63) is 0 Å². The maximum absolute atomic E-state index is 6.20. The molecule has 0 aliphatic carbocycles. The summed E-state index contributed by atoms with van der Waals surface area (Å²) in [6.45, 7) is 10.6. The molecule has 0 amide bonds. The highest BCUT2D eigenvalue weighted by molar-refractivity contribution is 4.91. The fourth-order valence-electron chi connectivity index (χ4n) is 2.85. The van der Waals surface area contributed by atoms with Gasteiger partial charge in [-0.2, -0.15) is 0 Å². The summed E-state index contributed by atoms with van der Waals surface area (Å²) in [5.74, 6) is 0. The Bertz CT molecular complexity index is 299. The van der Waals surface area contributed by atoms with Gasteiger partial charge in [0.15, 0.2) is 6.29 Å². The molecule has 0 bridgehead atoms. The van der Waals surface area contributed by atoms with Gasteiger partial charge in [0.2, 0.25) is 0 Å². The molecular weight excluding hydrogens is 308 g/mol. The van der Waals surface area contributed by atoms with Gasteiger partial charge in [-0.15, -0.1) is 0 Å². The summed E-state index contributed by atoms with van der Waals surface area (Å²) in [5.41, 5.74) is 0. The SMILES string of the molecule is CCCCO[C@@H]1[C@H](OCCCC)[C@H](C)OC(OC)[C@H]1OCCCC. The average molecular weight is 347 g/mol. The van der Waals surface area contributed by atoms with Crippen LogP contribution in [-0.2, 0) is 23.7 Å². The number of rotatable bonds is 13. The largest absolute Gasteiger partial charge is 0.373 e. The van der Waals surface area contributed by atoms with Crippen LogP contribution in [-0.4, -0.2) is 57.6 Å². The van der Waals surface area contributed by atoms with E-state index in [0.29, 0.717) is 13.2 Å². The van der Waals surface area contributed by atoms with Crippen LogP contribution in [0, 0.1) is 0 Å². The van der Waals surface area contributed by atoms with Gasteiger partial charge < -0.3 is 23.7 Å². The smallest absolute Gasteiger partial charge is 0.186 e. The molecule has 1 fully saturated rings. The van der Waals surface area contributed by atoms with Crippen LogP contribution >= 0.6 is 0 Å². The highest BCUT2D eigenvalue weighted by atomic mass is 16.7. The third-order valence-corrected chi connectivity index (χ3v) is 4.38. The zero-order valence-corrected chi connectivity index (χ0v) is 16.3. The number of unbranched alkanes of at least 4 members (excludes halogenated alkanes) is 3. The van der Waals surface area contributed by atoms with E-state index >= 15 is 0 Å². The molecule has 1 heterocycles. The third kappa shape index (κ3) is 6.96. The lowest BCUT2D eigenvalue weighted by atomic mass is 9.98. The Morgan fingerprint density at radius 3 is 1.62 bits per heavy atom. The molecule has 0 aromatic carbocycles. The minimum absolute atomic E-state index is 0.0792. The molecular formula is C19H38O5. The van der Waals surface area contributed by atoms with E-state index in [1.54, 1.807) is 7.11 Å². The summed E-state index contributed by atoms with van der Waals surface area (Å²) >= 11 is 0. The standard InChI is InChI=1S/C19H38O5/c1-6-9-12-21-16-15(4)24-19(20-5)18(23-14-11-8-3)17(16)22-13-10-7-2/h15-19H,6-14H2,1-5H3/t15-,16+,17+,18-,19?/m0/s1. The summed E-state index contributed by atoms with van der Waals surface area (Å²) in [7, 11) is 1.66. The van der Waals surface area contributed by atoms with Gasteiger partial charge in [0, 0.05) is 26.9 Å². The van der Waals surface area contributed by atoms with Crippen LogP contribution < -0.4 is 0 Å². The maximum Gasteiger partial charge on any atom is 0.186 e. The Labute approximate surface area is 148 Å². The van der Waals surface area contributed by atoms with Gasteiger partial charge >= 0.3 is 0 Å². The predicted molar refractivity (Wildman–Crippen MR) is 95.3 cm³/mol. The van der Waals surface area contributed by atoms with E-state index in [-0.39, 0.29) is 24.4 Å². The van der Waals surface area contributed by atoms with Crippen molar-refractivity contribution in [1.82, 2.24) is 0 Å². The van der Waals surface area contributed by atoms with Gasteiger partial charge in [0.25, 0.3) is 0 Å². The van der Waals surface area contributed by atoms with Crippen LogP contribution in [0.1, 0.15) is 66.2 Å². The minimum atomic E-state index is -0.408. The Kier molecular flexibility index (Phi) is 11.9. The highest BCUT2D eigenvalue weighted by Crippen LogP contribution is 2.29. The molecule has 1 aliphatic heterocycles. The van der Waals surface area contributed by atoms with Crippen molar-refractivity contribution < 1.29 is 23.7 Å². The van der Waals surface area contributed by atoms with Crippen molar-refractivity contribution in [2.24, 2.45) is 0 Å². The van der Waals surface area contributed by atoms with E-state index in [1.165, 1.54) is 0 Å². The lowest BCUT2D eigenvalue weighted by Crippen LogP contribution is -2.60. The molecule has 1 saturated heterocycles. The highest BCUT2D eigenvalue weighted by Gasteiger charge is 2.46. The van der Waals surface area contributed by atoms with Crippen molar-refractivity contribution in [1.29, 1.82) is 0 Å². The van der Waals surface area contributed by atoms with E-state index in [2.05, 4.69) is 20.8 Å². The molecule has 0 spiro atoms. The lowest BCUT2D eigenvalue weighted by molar-refractivity contribution is -0.309. The first kappa shape index (κ1) is 21.8. The van der Waals surface area contributed by atoms with E-state index in [1.807, 2.05) is 6.92 Å². The second kappa shape index (κ2) is 13.1. The van der Waals surface area contributed by atoms with Crippen molar-refractivity contribution in [3.63, 3.8) is 0 Å². The van der Waals surface area contributed by atoms with Crippen LogP contribution in [0.15, 0.2) is 0 Å². The van der Waals surface area contributed by atoms with Gasteiger partial charge in [-0.05, 0) is 26.2 Å². The van der Waals surface area contributed by atoms with Gasteiger partial charge in [0.1, 0.15) is 18.3 Å². The summed E-state index contributed by atoms with van der Waals surface area (Å²) in [6.07, 6.45) is 5.40. The average Bonchev–Trinajstić information content (AvgIpc) is 2.58. The van der Waals surface area contributed by atoms with Gasteiger partial charge in [-0.1, -0.05) is 40.0 Å². The molecule has 5 heteroatoms. The first-order valence-electron chi connectivity index (χ1n) is 9.72. The topological polar surface area (TPSA) is 46.2 Å². The molecule has 1 rings (SSSR count). The normalized spacial score (nSPS) is 30.6. The third-order valence-electron chi connectivity index (χ3n) is 4.38. The first-order chi connectivity index (χ1) is 11.7. The number of methoxy groups -OCH3 is 1. The van der Waals surface area contributed by atoms with Crippen molar-refractivity contribution in [3.8, 4) is 0 Å². The summed E-state index contributed by atoms with van der Waals surface area (Å²) < 4.78 is 30.0. The molecule has 24 heavy (non-hydrogen) atoms. The zero-order chi connectivity index (χ0) is 17.8. The number of hydrogen-bond donors (Lipinski definition) is 0. The van der Waals surface area contributed by atoms with Gasteiger partial charge in [-0.3, -0.25) is 0 Å². The first-order valence-corrected chi connectivity index (χ1v) is 9.72. The molecule has 0 radical (unpaired) electrons. The second-order valence-electron chi connectivity index (χ2n) is 6.51. The van der Waals surface area contributed by atoms with Crippen molar-refractivity contribution >= 4 is 0 Å². The second-order valence-corrected chi connectivity index (χ2v) is 6.51. The monoisotopic (exact) mass is 346 g/mol. The summed E-state index contributed by atoms with van der Waals surface area (Å²) in [4.78, 5) is 0. The quantitative estimate of drug-likeness (QED) is 0.473. The number of hydrogen-bond acceptors (Lipinski definition) is 5. The van der Waals surface area contributed by atoms with Gasteiger partial charge in [0.05, 0.1) is 6.10 Å². The van der Waals surface area contributed by atoms with Crippen LogP contribution in [0.25, 0.3) is 0 Å². The van der Waals surface area contributed by atoms with E-state index in [9.17, 15) is 0 Å². The molecule has 5 nitrogen and oxygen atoms in total. The fraction of sp³-hybridized carbons (Fsp3) is 1.00. The van der Waals surface area contributed by atoms with Crippen LogP contribution in [0.2, 0.25) is 0 Å². The van der Waals surface area contributed by atoms with E-state index in [4.69, 9.17) is 23.7 Å². The minimum Gasteiger partial charge on any atom is -0.373 e. The van der Waals surface area contributed by atoms with Crippen molar-refractivity contribution in [2.45, 2.75) is 96.9 Å². The summed E-state index contributed by atoms with van der Waals surface area (Å²) in [5, 5.41) is 0. The van der Waals surface area contributed by atoms with Gasteiger partial charge in [-0.25, -0.2) is 0 Å². The van der Waals surface area contributed by atoms with Crippen molar-refractivity contribution in [2.75, 3.05) is 26.9 Å². The maximum atomic E-state index is 6.20. The molecule has 0 aromatic heterocycles. The summed E-state index contributed by atoms with van der Waals surface area (Å²) in [6, 6.07) is 0. The lowest BCUT2D eigenvalue weighted by Gasteiger charge is -2.44. The van der Waals surface area contributed by atoms with Crippen LogP contribution in [0.4, 0.5) is 0 Å². The Hall–Kier alpha value is -0.200. The molecule has 0 N–H and O–H groups in total. The Morgan fingerprint density at radius 2 is 1.17 bits per heavy atom. The molecule has 5 atom stereocenters. The predicted octanol–water partition coefficient (Wildman–Crippen LogP) is 3.93. The number of ether oxygens (including phenoxy) is 5. The zero-order valence-electron chi connectivity index (χ0n) is 16.3. The molecule has 144 valence electrons. The Morgan fingerprint density at radius 1 is 0.708 bits per heavy atom. The molecule has 1 aliphatic rings. The fourth-order valence-corrected chi connectivity index (χ4v) is 2.85. The van der Waals surface area contributed by atoms with Crippen LogP contribution in [0.5, 0.6) is 0 Å². The Balaban J connectivity index is 2.79. The molecule has 0 saturated carbocycles. The van der Waals surface area contributed by atoms with E-state index < -0.39 is 6.29 Å². The molecule has 1 unspecified atom stereocenters.